The average molecular weight is 241 g/mol. The molecule has 1 aromatic carbocycles. The van der Waals surface area contributed by atoms with Crippen molar-refractivity contribution in [2.24, 2.45) is 5.73 Å². The van der Waals surface area contributed by atoms with Gasteiger partial charge < -0.3 is 5.73 Å². The fourth-order valence-corrected chi connectivity index (χ4v) is 2.88. The molecule has 0 bridgehead atoms. The summed E-state index contributed by atoms with van der Waals surface area (Å²) in [6, 6.07) is 6.81. The van der Waals surface area contributed by atoms with Crippen LogP contribution in [-0.2, 0) is 0 Å². The van der Waals surface area contributed by atoms with Gasteiger partial charge in [-0.15, -0.1) is 11.8 Å². The van der Waals surface area contributed by atoms with Crippen LogP contribution in [0, 0.1) is 5.82 Å². The molecule has 1 rings (SSSR count). The Morgan fingerprint density at radius 3 is 2.25 bits per heavy atom. The topological polar surface area (TPSA) is 26.0 Å². The van der Waals surface area contributed by atoms with Crippen LogP contribution < -0.4 is 5.73 Å². The minimum atomic E-state index is -0.192. The van der Waals surface area contributed by atoms with E-state index in [9.17, 15) is 4.39 Å². The van der Waals surface area contributed by atoms with Gasteiger partial charge in [0.05, 0.1) is 0 Å². The van der Waals surface area contributed by atoms with Gasteiger partial charge in [0, 0.05) is 11.3 Å². The maximum atomic E-state index is 12.9. The summed E-state index contributed by atoms with van der Waals surface area (Å²) in [5.41, 5.74) is 7.24. The van der Waals surface area contributed by atoms with Gasteiger partial charge in [-0.1, -0.05) is 32.9 Å². The molecule has 1 nitrogen and oxygen atoms in total. The Kier molecular flexibility index (Phi) is 5.29. The molecule has 0 aliphatic rings. The van der Waals surface area contributed by atoms with Crippen molar-refractivity contribution in [3.8, 4) is 0 Å². The fourth-order valence-electron chi connectivity index (χ4n) is 1.59. The molecule has 0 spiro atoms. The van der Waals surface area contributed by atoms with Crippen molar-refractivity contribution >= 4 is 11.8 Å². The Hall–Kier alpha value is -0.540. The van der Waals surface area contributed by atoms with Crippen LogP contribution >= 0.6 is 11.8 Å². The van der Waals surface area contributed by atoms with Gasteiger partial charge in [0.25, 0.3) is 0 Å². The molecule has 2 N–H and O–H groups in total. The standard InChI is InChI=1S/C13H20FNS/c1-4-12(15)13(16-9(2)3)10-5-7-11(14)8-6-10/h5-9,12-13H,4,15H2,1-3H3. The molecule has 0 aliphatic heterocycles. The van der Waals surface area contributed by atoms with E-state index in [1.165, 1.54) is 12.1 Å². The molecule has 0 aromatic heterocycles. The summed E-state index contributed by atoms with van der Waals surface area (Å²) in [5.74, 6) is -0.192. The highest BCUT2D eigenvalue weighted by Gasteiger charge is 2.20. The lowest BCUT2D eigenvalue weighted by Gasteiger charge is -2.24. The second-order valence-corrected chi connectivity index (χ2v) is 5.95. The molecule has 0 amide bonds. The highest BCUT2D eigenvalue weighted by molar-refractivity contribution is 8.00. The molecule has 0 heterocycles. The first-order chi connectivity index (χ1) is 7.54. The van der Waals surface area contributed by atoms with E-state index in [0.29, 0.717) is 5.25 Å². The molecule has 1 aromatic rings. The zero-order valence-electron chi connectivity index (χ0n) is 10.1. The molecule has 3 heteroatoms. The van der Waals surface area contributed by atoms with E-state index in [1.807, 2.05) is 23.9 Å². The Bertz CT molecular complexity index is 310. The molecule has 0 fully saturated rings. The lowest BCUT2D eigenvalue weighted by molar-refractivity contribution is 0.617. The van der Waals surface area contributed by atoms with Crippen molar-refractivity contribution in [3.63, 3.8) is 0 Å². The number of rotatable bonds is 5. The average Bonchev–Trinajstić information content (AvgIpc) is 2.26. The summed E-state index contributed by atoms with van der Waals surface area (Å²) in [7, 11) is 0. The first-order valence-electron chi connectivity index (χ1n) is 5.71. The highest BCUT2D eigenvalue weighted by atomic mass is 32.2. The SMILES string of the molecule is CCC(N)C(SC(C)C)c1ccc(F)cc1. The van der Waals surface area contributed by atoms with Crippen LogP contribution in [0.1, 0.15) is 38.0 Å². The minimum absolute atomic E-state index is 0.123. The third-order valence-electron chi connectivity index (χ3n) is 2.48. The Balaban J connectivity index is 2.87. The third-order valence-corrected chi connectivity index (χ3v) is 3.94. The summed E-state index contributed by atoms with van der Waals surface area (Å²) in [5, 5.41) is 0.776. The van der Waals surface area contributed by atoms with Crippen molar-refractivity contribution in [1.82, 2.24) is 0 Å². The summed E-state index contributed by atoms with van der Waals surface area (Å²) in [6.45, 7) is 6.40. The van der Waals surface area contributed by atoms with Gasteiger partial charge in [-0.05, 0) is 29.4 Å². The zero-order valence-corrected chi connectivity index (χ0v) is 10.9. The summed E-state index contributed by atoms with van der Waals surface area (Å²) >= 11 is 1.84. The second-order valence-electron chi connectivity index (χ2n) is 4.23. The Morgan fingerprint density at radius 1 is 1.25 bits per heavy atom. The normalized spacial score (nSPS) is 15.1. The van der Waals surface area contributed by atoms with E-state index in [0.717, 1.165) is 12.0 Å². The zero-order chi connectivity index (χ0) is 12.1. The van der Waals surface area contributed by atoms with E-state index >= 15 is 0 Å². The van der Waals surface area contributed by atoms with Gasteiger partial charge in [0.15, 0.2) is 0 Å². The number of nitrogens with two attached hydrogens (primary N) is 1. The van der Waals surface area contributed by atoms with E-state index < -0.39 is 0 Å². The molecular weight excluding hydrogens is 221 g/mol. The van der Waals surface area contributed by atoms with Crippen LogP contribution in [0.5, 0.6) is 0 Å². The largest absolute Gasteiger partial charge is 0.326 e. The monoisotopic (exact) mass is 241 g/mol. The van der Waals surface area contributed by atoms with E-state index in [2.05, 4.69) is 20.8 Å². The fraction of sp³-hybridized carbons (Fsp3) is 0.538. The second kappa shape index (κ2) is 6.26. The molecule has 16 heavy (non-hydrogen) atoms. The van der Waals surface area contributed by atoms with E-state index in [4.69, 9.17) is 5.73 Å². The molecule has 0 aliphatic carbocycles. The van der Waals surface area contributed by atoms with Crippen LogP contribution in [0.25, 0.3) is 0 Å². The number of hydrogen-bond acceptors (Lipinski definition) is 2. The number of hydrogen-bond donors (Lipinski definition) is 1. The van der Waals surface area contributed by atoms with Crippen molar-refractivity contribution in [3.05, 3.63) is 35.6 Å². The van der Waals surface area contributed by atoms with Crippen LogP contribution in [0.4, 0.5) is 4.39 Å². The Morgan fingerprint density at radius 2 is 1.81 bits per heavy atom. The van der Waals surface area contributed by atoms with Crippen LogP contribution in [0.3, 0.4) is 0 Å². The predicted molar refractivity (Wildman–Crippen MR) is 70.1 cm³/mol. The summed E-state index contributed by atoms with van der Waals surface area (Å²) in [4.78, 5) is 0. The number of thioether (sulfide) groups is 1. The first kappa shape index (κ1) is 13.5. The lowest BCUT2D eigenvalue weighted by atomic mass is 10.0. The molecule has 0 saturated carbocycles. The molecule has 0 radical (unpaired) electrons. The number of halogens is 1. The molecule has 90 valence electrons. The van der Waals surface area contributed by atoms with Crippen LogP contribution in [0.15, 0.2) is 24.3 Å². The number of benzene rings is 1. The van der Waals surface area contributed by atoms with Gasteiger partial charge in [0.2, 0.25) is 0 Å². The van der Waals surface area contributed by atoms with Crippen molar-refractivity contribution in [2.45, 2.75) is 43.7 Å². The molecule has 2 atom stereocenters. The highest BCUT2D eigenvalue weighted by Crippen LogP contribution is 2.35. The van der Waals surface area contributed by atoms with Gasteiger partial charge >= 0.3 is 0 Å². The lowest BCUT2D eigenvalue weighted by Crippen LogP contribution is -2.26. The smallest absolute Gasteiger partial charge is 0.123 e. The maximum Gasteiger partial charge on any atom is 0.123 e. The summed E-state index contributed by atoms with van der Waals surface area (Å²) in [6.07, 6.45) is 0.932. The van der Waals surface area contributed by atoms with Gasteiger partial charge in [-0.2, -0.15) is 0 Å². The van der Waals surface area contributed by atoms with Gasteiger partial charge in [0.1, 0.15) is 5.82 Å². The first-order valence-corrected chi connectivity index (χ1v) is 6.65. The van der Waals surface area contributed by atoms with Gasteiger partial charge in [-0.25, -0.2) is 4.39 Å². The van der Waals surface area contributed by atoms with E-state index in [1.54, 1.807) is 0 Å². The van der Waals surface area contributed by atoms with Crippen molar-refractivity contribution in [1.29, 1.82) is 0 Å². The predicted octanol–water partition coefficient (Wildman–Crippen LogP) is 3.75. The van der Waals surface area contributed by atoms with Crippen LogP contribution in [-0.4, -0.2) is 11.3 Å². The minimum Gasteiger partial charge on any atom is -0.326 e. The van der Waals surface area contributed by atoms with Crippen LogP contribution in [0.2, 0.25) is 0 Å². The van der Waals surface area contributed by atoms with Gasteiger partial charge in [-0.3, -0.25) is 0 Å². The molecule has 2 unspecified atom stereocenters. The third kappa shape index (κ3) is 3.80. The Labute approximate surface area is 102 Å². The van der Waals surface area contributed by atoms with Crippen molar-refractivity contribution in [2.75, 3.05) is 0 Å². The molecular formula is C13H20FNS. The van der Waals surface area contributed by atoms with E-state index in [-0.39, 0.29) is 17.1 Å². The van der Waals surface area contributed by atoms with Crippen molar-refractivity contribution < 1.29 is 4.39 Å². The molecule has 0 saturated heterocycles. The summed E-state index contributed by atoms with van der Waals surface area (Å²) < 4.78 is 12.9. The maximum absolute atomic E-state index is 12.9. The quantitative estimate of drug-likeness (QED) is 0.849.